The first-order valence-electron chi connectivity index (χ1n) is 9.54. The zero-order valence-corrected chi connectivity index (χ0v) is 15.1. The van der Waals surface area contributed by atoms with Gasteiger partial charge in [0.15, 0.2) is 0 Å². The lowest BCUT2D eigenvalue weighted by molar-refractivity contribution is -0.119. The van der Waals surface area contributed by atoms with Crippen LogP contribution in [0.1, 0.15) is 45.4 Å². The molecule has 2 unspecified atom stereocenters. The number of carbonyl (C=O) groups is 2. The van der Waals surface area contributed by atoms with Crippen molar-refractivity contribution < 1.29 is 9.59 Å². The summed E-state index contributed by atoms with van der Waals surface area (Å²) >= 11 is 0. The highest BCUT2D eigenvalue weighted by atomic mass is 16.2. The van der Waals surface area contributed by atoms with Crippen LogP contribution in [0.25, 0.3) is 0 Å². The molecule has 2 aliphatic heterocycles. The Kier molecular flexibility index (Phi) is 6.08. The summed E-state index contributed by atoms with van der Waals surface area (Å²) in [6.45, 7) is 5.04. The van der Waals surface area contributed by atoms with Gasteiger partial charge in [-0.1, -0.05) is 13.0 Å². The molecule has 0 aliphatic carbocycles. The van der Waals surface area contributed by atoms with E-state index in [-0.39, 0.29) is 11.8 Å². The van der Waals surface area contributed by atoms with Crippen molar-refractivity contribution in [3.63, 3.8) is 0 Å². The van der Waals surface area contributed by atoms with Gasteiger partial charge in [-0.2, -0.15) is 0 Å². The third-order valence-corrected chi connectivity index (χ3v) is 5.41. The summed E-state index contributed by atoms with van der Waals surface area (Å²) in [7, 11) is 0. The van der Waals surface area contributed by atoms with E-state index in [4.69, 9.17) is 0 Å². The molecule has 2 fully saturated rings. The quantitative estimate of drug-likeness (QED) is 0.863. The number of nitrogens with one attached hydrogen (secondary N) is 2. The molecule has 2 atom stereocenters. The van der Waals surface area contributed by atoms with Crippen LogP contribution >= 0.6 is 0 Å². The molecule has 25 heavy (non-hydrogen) atoms. The minimum atomic E-state index is 0.0557. The summed E-state index contributed by atoms with van der Waals surface area (Å²) in [6, 6.07) is 7.65. The van der Waals surface area contributed by atoms with Crippen molar-refractivity contribution >= 4 is 23.2 Å². The van der Waals surface area contributed by atoms with Gasteiger partial charge in [0.1, 0.15) is 0 Å². The number of amides is 2. The number of carbonyl (C=O) groups excluding carboxylic acids is 2. The molecule has 2 amide bonds. The first-order valence-corrected chi connectivity index (χ1v) is 9.54. The normalized spacial score (nSPS) is 22.5. The maximum Gasteiger partial charge on any atom is 0.226 e. The van der Waals surface area contributed by atoms with E-state index in [2.05, 4.69) is 17.6 Å². The number of benzene rings is 1. The van der Waals surface area contributed by atoms with Gasteiger partial charge in [-0.25, -0.2) is 0 Å². The maximum absolute atomic E-state index is 12.4. The maximum atomic E-state index is 12.4. The molecule has 0 spiro atoms. The Hall–Kier alpha value is -1.88. The molecule has 5 heteroatoms. The summed E-state index contributed by atoms with van der Waals surface area (Å²) in [5.74, 6) is 1.19. The average molecular weight is 343 g/mol. The Morgan fingerprint density at radius 2 is 2.24 bits per heavy atom. The van der Waals surface area contributed by atoms with Crippen LogP contribution in [0.15, 0.2) is 24.3 Å². The minimum Gasteiger partial charge on any atom is -0.326 e. The zero-order valence-electron chi connectivity index (χ0n) is 15.1. The van der Waals surface area contributed by atoms with E-state index in [1.54, 1.807) is 0 Å². The topological polar surface area (TPSA) is 61.4 Å². The highest BCUT2D eigenvalue weighted by Gasteiger charge is 2.23. The van der Waals surface area contributed by atoms with E-state index < -0.39 is 0 Å². The highest BCUT2D eigenvalue weighted by Crippen LogP contribution is 2.25. The van der Waals surface area contributed by atoms with Gasteiger partial charge in [0.25, 0.3) is 0 Å². The molecule has 1 aromatic rings. The van der Waals surface area contributed by atoms with Gasteiger partial charge in [-0.15, -0.1) is 0 Å². The van der Waals surface area contributed by atoms with Crippen molar-refractivity contribution in [3.8, 4) is 0 Å². The van der Waals surface area contributed by atoms with E-state index in [9.17, 15) is 9.59 Å². The molecule has 2 N–H and O–H groups in total. The molecule has 5 nitrogen and oxygen atoms in total. The molecule has 0 bridgehead atoms. The standard InChI is InChI=1S/C20H29N3O2/c1-15(16-6-5-10-21-14-16)12-19(24)22-17-7-4-8-18(13-17)23-11-3-2-9-20(23)25/h4,7-8,13,15-16,21H,2-3,5-6,9-12,14H2,1H3,(H,22,24). The Morgan fingerprint density at radius 3 is 3.00 bits per heavy atom. The summed E-state index contributed by atoms with van der Waals surface area (Å²) in [5.41, 5.74) is 1.65. The summed E-state index contributed by atoms with van der Waals surface area (Å²) in [5, 5.41) is 6.43. The predicted molar refractivity (Wildman–Crippen MR) is 101 cm³/mol. The number of piperidine rings is 2. The largest absolute Gasteiger partial charge is 0.326 e. The van der Waals surface area contributed by atoms with Gasteiger partial charge in [0, 0.05) is 30.8 Å². The molecule has 0 saturated carbocycles. The molecule has 1 aromatic carbocycles. The Morgan fingerprint density at radius 1 is 1.36 bits per heavy atom. The van der Waals surface area contributed by atoms with E-state index in [0.717, 1.165) is 43.9 Å². The van der Waals surface area contributed by atoms with Crippen LogP contribution in [0.4, 0.5) is 11.4 Å². The first-order chi connectivity index (χ1) is 12.1. The van der Waals surface area contributed by atoms with Gasteiger partial charge in [0.05, 0.1) is 0 Å². The number of rotatable bonds is 5. The number of nitrogens with zero attached hydrogens (tertiary/aromatic N) is 1. The third kappa shape index (κ3) is 4.82. The van der Waals surface area contributed by atoms with Gasteiger partial charge in [-0.05, 0) is 68.8 Å². The predicted octanol–water partition coefficient (Wildman–Crippen LogP) is 3.17. The van der Waals surface area contributed by atoms with Crippen LogP contribution < -0.4 is 15.5 Å². The van der Waals surface area contributed by atoms with E-state index in [1.165, 1.54) is 12.8 Å². The fraction of sp³-hybridized carbons (Fsp3) is 0.600. The van der Waals surface area contributed by atoms with E-state index >= 15 is 0 Å². The Labute approximate surface area is 150 Å². The smallest absolute Gasteiger partial charge is 0.226 e. The molecule has 2 heterocycles. The fourth-order valence-electron chi connectivity index (χ4n) is 3.87. The van der Waals surface area contributed by atoms with Gasteiger partial charge in [-0.3, -0.25) is 9.59 Å². The Bertz CT molecular complexity index is 611. The van der Waals surface area contributed by atoms with E-state index in [1.807, 2.05) is 29.2 Å². The second-order valence-electron chi connectivity index (χ2n) is 7.39. The molecular weight excluding hydrogens is 314 g/mol. The monoisotopic (exact) mass is 343 g/mol. The van der Waals surface area contributed by atoms with Crippen LogP contribution in [-0.2, 0) is 9.59 Å². The highest BCUT2D eigenvalue weighted by molar-refractivity contribution is 5.96. The molecular formula is C20H29N3O2. The van der Waals surface area contributed by atoms with Crippen molar-refractivity contribution in [1.29, 1.82) is 0 Å². The lowest BCUT2D eigenvalue weighted by Crippen LogP contribution is -2.35. The van der Waals surface area contributed by atoms with Crippen molar-refractivity contribution in [2.75, 3.05) is 29.9 Å². The molecule has 0 aromatic heterocycles. The van der Waals surface area contributed by atoms with Crippen LogP contribution in [0.2, 0.25) is 0 Å². The summed E-state index contributed by atoms with van der Waals surface area (Å²) in [4.78, 5) is 26.3. The zero-order chi connectivity index (χ0) is 17.6. The first kappa shape index (κ1) is 17.9. The molecule has 2 aliphatic rings. The SMILES string of the molecule is CC(CC(=O)Nc1cccc(N2CCCCC2=O)c1)C1CCCNC1. The average Bonchev–Trinajstić information content (AvgIpc) is 2.63. The molecule has 136 valence electrons. The fourth-order valence-corrected chi connectivity index (χ4v) is 3.87. The lowest BCUT2D eigenvalue weighted by Gasteiger charge is -2.28. The van der Waals surface area contributed by atoms with Gasteiger partial charge in [0.2, 0.25) is 11.8 Å². The van der Waals surface area contributed by atoms with Crippen molar-refractivity contribution in [2.45, 2.75) is 45.4 Å². The molecule has 3 rings (SSSR count). The van der Waals surface area contributed by atoms with Crippen LogP contribution in [0.3, 0.4) is 0 Å². The van der Waals surface area contributed by atoms with Gasteiger partial charge >= 0.3 is 0 Å². The second-order valence-corrected chi connectivity index (χ2v) is 7.39. The number of hydrogen-bond donors (Lipinski definition) is 2. The molecule has 0 radical (unpaired) electrons. The van der Waals surface area contributed by atoms with Crippen molar-refractivity contribution in [2.24, 2.45) is 11.8 Å². The number of anilines is 2. The van der Waals surface area contributed by atoms with Crippen LogP contribution in [-0.4, -0.2) is 31.4 Å². The minimum absolute atomic E-state index is 0.0557. The van der Waals surface area contributed by atoms with E-state index in [0.29, 0.717) is 24.7 Å². The third-order valence-electron chi connectivity index (χ3n) is 5.41. The second kappa shape index (κ2) is 8.48. The Balaban J connectivity index is 1.57. The summed E-state index contributed by atoms with van der Waals surface area (Å²) in [6.07, 6.45) is 5.56. The molecule has 2 saturated heterocycles. The van der Waals surface area contributed by atoms with Crippen LogP contribution in [0, 0.1) is 11.8 Å². The summed E-state index contributed by atoms with van der Waals surface area (Å²) < 4.78 is 0. The number of hydrogen-bond acceptors (Lipinski definition) is 3. The van der Waals surface area contributed by atoms with Crippen molar-refractivity contribution in [3.05, 3.63) is 24.3 Å². The van der Waals surface area contributed by atoms with Gasteiger partial charge < -0.3 is 15.5 Å². The van der Waals surface area contributed by atoms with Crippen molar-refractivity contribution in [1.82, 2.24) is 5.32 Å². The lowest BCUT2D eigenvalue weighted by atomic mass is 9.85. The van der Waals surface area contributed by atoms with Crippen LogP contribution in [0.5, 0.6) is 0 Å².